The molecular formula is C36H73O. The molecule has 223 valence electrons. The summed E-state index contributed by atoms with van der Waals surface area (Å²) in [7, 11) is 0. The Balaban J connectivity index is 3.00. The molecule has 0 bridgehead atoms. The SMILES string of the molecule is CCCCCCCCCCCCCCCCCCC[CH]OCCCCCCCCCCCCCCCC. The zero-order valence-corrected chi connectivity index (χ0v) is 26.3. The van der Waals surface area contributed by atoms with Crippen LogP contribution >= 0.6 is 0 Å². The third kappa shape index (κ3) is 36.0. The van der Waals surface area contributed by atoms with Crippen molar-refractivity contribution in [2.75, 3.05) is 6.61 Å². The van der Waals surface area contributed by atoms with Gasteiger partial charge in [-0.1, -0.05) is 206 Å². The molecule has 0 fully saturated rings. The van der Waals surface area contributed by atoms with Crippen molar-refractivity contribution in [1.82, 2.24) is 0 Å². The van der Waals surface area contributed by atoms with Crippen LogP contribution in [0.3, 0.4) is 0 Å². The van der Waals surface area contributed by atoms with Gasteiger partial charge in [-0.05, 0) is 12.8 Å². The van der Waals surface area contributed by atoms with Crippen LogP contribution in [0.2, 0.25) is 0 Å². The molecule has 0 atom stereocenters. The predicted octanol–water partition coefficient (Wildman–Crippen LogP) is 13.7. The lowest BCUT2D eigenvalue weighted by Gasteiger charge is -2.05. The van der Waals surface area contributed by atoms with Crippen LogP contribution in [0.1, 0.15) is 219 Å². The van der Waals surface area contributed by atoms with E-state index < -0.39 is 0 Å². The van der Waals surface area contributed by atoms with Crippen LogP contribution in [0.4, 0.5) is 0 Å². The van der Waals surface area contributed by atoms with E-state index >= 15 is 0 Å². The molecule has 0 aromatic rings. The maximum Gasteiger partial charge on any atom is 0.0836 e. The van der Waals surface area contributed by atoms with Gasteiger partial charge in [-0.2, -0.15) is 0 Å². The lowest BCUT2D eigenvalue weighted by molar-refractivity contribution is 0.183. The minimum absolute atomic E-state index is 0.941. The fourth-order valence-electron chi connectivity index (χ4n) is 5.50. The topological polar surface area (TPSA) is 9.23 Å². The first-order valence-corrected chi connectivity index (χ1v) is 17.8. The van der Waals surface area contributed by atoms with Gasteiger partial charge in [-0.25, -0.2) is 0 Å². The second-order valence-corrected chi connectivity index (χ2v) is 12.1. The van der Waals surface area contributed by atoms with E-state index in [0.29, 0.717) is 0 Å². The normalized spacial score (nSPS) is 11.5. The average molecular weight is 522 g/mol. The van der Waals surface area contributed by atoms with Gasteiger partial charge >= 0.3 is 0 Å². The van der Waals surface area contributed by atoms with Crippen molar-refractivity contribution in [3.8, 4) is 0 Å². The summed E-state index contributed by atoms with van der Waals surface area (Å²) < 4.78 is 5.74. The van der Waals surface area contributed by atoms with Crippen LogP contribution in [0, 0.1) is 6.61 Å². The second-order valence-electron chi connectivity index (χ2n) is 12.1. The van der Waals surface area contributed by atoms with Gasteiger partial charge in [0.05, 0.1) is 6.61 Å². The van der Waals surface area contributed by atoms with Gasteiger partial charge in [0.2, 0.25) is 0 Å². The first-order chi connectivity index (χ1) is 18.4. The summed E-state index contributed by atoms with van der Waals surface area (Å²) in [5.74, 6) is 0. The lowest BCUT2D eigenvalue weighted by atomic mass is 10.0. The molecule has 0 amide bonds. The van der Waals surface area contributed by atoms with Crippen molar-refractivity contribution in [1.29, 1.82) is 0 Å². The molecule has 0 unspecified atom stereocenters. The maximum absolute atomic E-state index is 5.74. The zero-order valence-electron chi connectivity index (χ0n) is 26.3. The molecule has 0 aliphatic heterocycles. The van der Waals surface area contributed by atoms with Crippen molar-refractivity contribution in [2.45, 2.75) is 219 Å². The van der Waals surface area contributed by atoms with Crippen molar-refractivity contribution in [2.24, 2.45) is 0 Å². The van der Waals surface area contributed by atoms with Gasteiger partial charge in [0.15, 0.2) is 0 Å². The van der Waals surface area contributed by atoms with Crippen LogP contribution in [0.15, 0.2) is 0 Å². The molecule has 0 aromatic heterocycles. The smallest absolute Gasteiger partial charge is 0.0836 e. The van der Waals surface area contributed by atoms with E-state index in [1.54, 1.807) is 0 Å². The van der Waals surface area contributed by atoms with E-state index in [2.05, 4.69) is 20.5 Å². The zero-order chi connectivity index (χ0) is 26.7. The highest BCUT2D eigenvalue weighted by Crippen LogP contribution is 2.15. The third-order valence-corrected chi connectivity index (χ3v) is 8.16. The number of hydrogen-bond acceptors (Lipinski definition) is 1. The molecule has 1 radical (unpaired) electrons. The Labute approximate surface area is 237 Å². The van der Waals surface area contributed by atoms with Gasteiger partial charge in [-0.3, -0.25) is 0 Å². The summed E-state index contributed by atoms with van der Waals surface area (Å²) in [6.07, 6.45) is 45.6. The molecule has 0 saturated carbocycles. The first-order valence-electron chi connectivity index (χ1n) is 17.8. The van der Waals surface area contributed by atoms with Gasteiger partial charge in [0.25, 0.3) is 0 Å². The Morgan fingerprint density at radius 3 is 0.838 bits per heavy atom. The molecule has 1 nitrogen and oxygen atoms in total. The molecule has 0 rings (SSSR count). The Hall–Kier alpha value is -0.0400. The molecule has 0 aliphatic rings. The van der Waals surface area contributed by atoms with E-state index in [1.165, 1.54) is 199 Å². The number of hydrogen-bond donors (Lipinski definition) is 0. The van der Waals surface area contributed by atoms with Gasteiger partial charge in [0, 0.05) is 6.61 Å². The van der Waals surface area contributed by atoms with E-state index in [4.69, 9.17) is 4.74 Å². The molecule has 0 aromatic carbocycles. The summed E-state index contributed by atoms with van der Waals surface area (Å²) in [4.78, 5) is 0. The monoisotopic (exact) mass is 522 g/mol. The van der Waals surface area contributed by atoms with Crippen molar-refractivity contribution in [3.63, 3.8) is 0 Å². The van der Waals surface area contributed by atoms with E-state index in [9.17, 15) is 0 Å². The first kappa shape index (κ1) is 37.0. The van der Waals surface area contributed by atoms with Crippen LogP contribution in [0.25, 0.3) is 0 Å². The Morgan fingerprint density at radius 1 is 0.297 bits per heavy atom. The fourth-order valence-corrected chi connectivity index (χ4v) is 5.50. The Morgan fingerprint density at radius 2 is 0.541 bits per heavy atom. The standard InChI is InChI=1S/C36H73O/c1-3-5-7-9-11-13-15-17-19-20-21-22-24-26-28-30-32-34-36-37-35-33-31-29-27-25-23-18-16-14-12-10-8-6-4-2/h36H,3-35H2,1-2H3. The minimum Gasteiger partial charge on any atom is -0.376 e. The maximum atomic E-state index is 5.74. The fraction of sp³-hybridized carbons (Fsp3) is 0.972. The molecular weight excluding hydrogens is 448 g/mol. The Bertz CT molecular complexity index is 332. The van der Waals surface area contributed by atoms with E-state index in [-0.39, 0.29) is 0 Å². The molecule has 0 N–H and O–H groups in total. The van der Waals surface area contributed by atoms with E-state index in [0.717, 1.165) is 13.0 Å². The van der Waals surface area contributed by atoms with Crippen molar-refractivity contribution in [3.05, 3.63) is 6.61 Å². The lowest BCUT2D eigenvalue weighted by Crippen LogP contribution is -1.92. The van der Waals surface area contributed by atoms with Crippen molar-refractivity contribution < 1.29 is 4.74 Å². The number of ether oxygens (including phenoxy) is 1. The summed E-state index contributed by atoms with van der Waals surface area (Å²) in [6, 6.07) is 0. The molecule has 0 heterocycles. The number of rotatable bonds is 34. The van der Waals surface area contributed by atoms with Crippen molar-refractivity contribution >= 4 is 0 Å². The summed E-state index contributed by atoms with van der Waals surface area (Å²) in [6.45, 7) is 7.64. The summed E-state index contributed by atoms with van der Waals surface area (Å²) in [5, 5.41) is 0. The highest BCUT2D eigenvalue weighted by atomic mass is 16.5. The van der Waals surface area contributed by atoms with Crippen LogP contribution < -0.4 is 0 Å². The Kier molecular flexibility index (Phi) is 35.9. The minimum atomic E-state index is 0.941. The van der Waals surface area contributed by atoms with Gasteiger partial charge in [-0.15, -0.1) is 0 Å². The molecule has 0 spiro atoms. The molecule has 1 heteroatoms. The second kappa shape index (κ2) is 36.0. The van der Waals surface area contributed by atoms with Gasteiger partial charge < -0.3 is 4.74 Å². The summed E-state index contributed by atoms with van der Waals surface area (Å²) in [5.41, 5.74) is 0. The van der Waals surface area contributed by atoms with Gasteiger partial charge in [0.1, 0.15) is 0 Å². The van der Waals surface area contributed by atoms with Crippen LogP contribution in [-0.4, -0.2) is 6.61 Å². The molecule has 37 heavy (non-hydrogen) atoms. The highest BCUT2D eigenvalue weighted by Gasteiger charge is 1.97. The molecule has 0 saturated heterocycles. The molecule has 0 aliphatic carbocycles. The average Bonchev–Trinajstić information content (AvgIpc) is 2.91. The van der Waals surface area contributed by atoms with Crippen LogP contribution in [-0.2, 0) is 4.74 Å². The van der Waals surface area contributed by atoms with E-state index in [1.807, 2.05) is 0 Å². The quantitative estimate of drug-likeness (QED) is 0.0765. The third-order valence-electron chi connectivity index (χ3n) is 8.16. The van der Waals surface area contributed by atoms with Crippen LogP contribution in [0.5, 0.6) is 0 Å². The predicted molar refractivity (Wildman–Crippen MR) is 169 cm³/mol. The summed E-state index contributed by atoms with van der Waals surface area (Å²) >= 11 is 0. The largest absolute Gasteiger partial charge is 0.376 e. The number of unbranched alkanes of at least 4 members (excludes halogenated alkanes) is 30. The highest BCUT2D eigenvalue weighted by molar-refractivity contribution is 4.55.